The molecule has 17 heavy (non-hydrogen) atoms. The summed E-state index contributed by atoms with van der Waals surface area (Å²) in [6.07, 6.45) is -0.844. The lowest BCUT2D eigenvalue weighted by molar-refractivity contribution is -0.146. The molecule has 1 aromatic rings. The van der Waals surface area contributed by atoms with Gasteiger partial charge in [0.2, 0.25) is 0 Å². The van der Waals surface area contributed by atoms with Gasteiger partial charge in [-0.1, -0.05) is 18.2 Å². The number of nitrogens with zero attached hydrogens (tertiary/aromatic N) is 1. The highest BCUT2D eigenvalue weighted by molar-refractivity contribution is 5.74. The summed E-state index contributed by atoms with van der Waals surface area (Å²) in [6, 6.07) is 6.65. The largest absolute Gasteiger partial charge is 0.479 e. The highest BCUT2D eigenvalue weighted by atomic mass is 16.4. The summed E-state index contributed by atoms with van der Waals surface area (Å²) in [6.45, 7) is -0.236. The predicted octanol–water partition coefficient (Wildman–Crippen LogP) is 0.753. The normalized spacial score (nSPS) is 11.8. The highest BCUT2D eigenvalue weighted by Gasteiger charge is 2.17. The van der Waals surface area contributed by atoms with Crippen molar-refractivity contribution in [3.63, 3.8) is 0 Å². The smallest absolute Gasteiger partial charge is 0.337 e. The zero-order valence-electron chi connectivity index (χ0n) is 9.13. The molecule has 3 N–H and O–H groups in total. The molecule has 0 aliphatic rings. The lowest BCUT2D eigenvalue weighted by atomic mass is 9.99. The van der Waals surface area contributed by atoms with Crippen molar-refractivity contribution >= 4 is 5.97 Å². The van der Waals surface area contributed by atoms with Gasteiger partial charge in [0.1, 0.15) is 0 Å². The number of rotatable bonds is 5. The SMILES string of the molecule is N#CCCc1cc(CO)cc(C(O)C(=O)O)c1. The maximum Gasteiger partial charge on any atom is 0.337 e. The van der Waals surface area contributed by atoms with Crippen LogP contribution in [0.3, 0.4) is 0 Å². The fourth-order valence-corrected chi connectivity index (χ4v) is 1.53. The molecule has 0 spiro atoms. The maximum atomic E-state index is 10.7. The van der Waals surface area contributed by atoms with Crippen LogP contribution in [-0.4, -0.2) is 21.3 Å². The fourth-order valence-electron chi connectivity index (χ4n) is 1.53. The Morgan fingerprint density at radius 2 is 2.00 bits per heavy atom. The number of hydrogen-bond donors (Lipinski definition) is 3. The van der Waals surface area contributed by atoms with E-state index in [1.54, 1.807) is 6.07 Å². The van der Waals surface area contributed by atoms with Crippen molar-refractivity contribution in [1.29, 1.82) is 5.26 Å². The van der Waals surface area contributed by atoms with Gasteiger partial charge in [0.15, 0.2) is 6.10 Å². The number of carbonyl (C=O) groups is 1. The van der Waals surface area contributed by atoms with E-state index in [0.29, 0.717) is 18.4 Å². The number of nitriles is 1. The van der Waals surface area contributed by atoms with Gasteiger partial charge in [0.05, 0.1) is 12.7 Å². The van der Waals surface area contributed by atoms with Crippen molar-refractivity contribution in [2.24, 2.45) is 0 Å². The maximum absolute atomic E-state index is 10.7. The van der Waals surface area contributed by atoms with Gasteiger partial charge in [-0.15, -0.1) is 0 Å². The molecule has 1 aromatic carbocycles. The molecule has 1 atom stereocenters. The van der Waals surface area contributed by atoms with Crippen LogP contribution < -0.4 is 0 Å². The topological polar surface area (TPSA) is 102 Å². The molecule has 0 heterocycles. The highest BCUT2D eigenvalue weighted by Crippen LogP contribution is 2.19. The van der Waals surface area contributed by atoms with Crippen LogP contribution >= 0.6 is 0 Å². The molecule has 1 unspecified atom stereocenters. The standard InChI is InChI=1S/C12H13NO4/c13-3-1-2-8-4-9(7-14)6-10(5-8)11(15)12(16)17/h4-6,11,14-15H,1-2,7H2,(H,16,17). The number of benzene rings is 1. The van der Waals surface area contributed by atoms with E-state index >= 15 is 0 Å². The quantitative estimate of drug-likeness (QED) is 0.699. The average Bonchev–Trinajstić information content (AvgIpc) is 2.34. The summed E-state index contributed by atoms with van der Waals surface area (Å²) in [4.78, 5) is 10.7. The molecule has 5 heteroatoms. The third-order valence-corrected chi connectivity index (χ3v) is 2.33. The minimum absolute atomic E-state index is 0.219. The molecule has 5 nitrogen and oxygen atoms in total. The van der Waals surface area contributed by atoms with Crippen LogP contribution in [-0.2, 0) is 17.8 Å². The molecule has 0 aliphatic heterocycles. The van der Waals surface area contributed by atoms with E-state index in [-0.39, 0.29) is 12.2 Å². The van der Waals surface area contributed by atoms with Gasteiger partial charge in [0, 0.05) is 6.42 Å². The monoisotopic (exact) mass is 235 g/mol. The van der Waals surface area contributed by atoms with Crippen LogP contribution in [0.15, 0.2) is 18.2 Å². The van der Waals surface area contributed by atoms with Crippen LogP contribution in [0, 0.1) is 11.3 Å². The van der Waals surface area contributed by atoms with Gasteiger partial charge in [-0.3, -0.25) is 0 Å². The van der Waals surface area contributed by atoms with Crippen molar-refractivity contribution < 1.29 is 20.1 Å². The third-order valence-electron chi connectivity index (χ3n) is 2.33. The second kappa shape index (κ2) is 5.99. The Balaban J connectivity index is 3.05. The van der Waals surface area contributed by atoms with Crippen molar-refractivity contribution in [2.45, 2.75) is 25.6 Å². The minimum atomic E-state index is -1.61. The van der Waals surface area contributed by atoms with Gasteiger partial charge < -0.3 is 15.3 Å². The van der Waals surface area contributed by atoms with E-state index in [9.17, 15) is 9.90 Å². The van der Waals surface area contributed by atoms with Crippen molar-refractivity contribution in [1.82, 2.24) is 0 Å². The Hall–Kier alpha value is -1.90. The first-order valence-corrected chi connectivity index (χ1v) is 5.10. The van der Waals surface area contributed by atoms with Crippen molar-refractivity contribution in [3.05, 3.63) is 34.9 Å². The van der Waals surface area contributed by atoms with Crippen molar-refractivity contribution in [2.75, 3.05) is 0 Å². The summed E-state index contributed by atoms with van der Waals surface area (Å²) >= 11 is 0. The van der Waals surface area contributed by atoms with Gasteiger partial charge in [-0.2, -0.15) is 5.26 Å². The van der Waals surface area contributed by atoms with Crippen LogP contribution in [0.5, 0.6) is 0 Å². The van der Waals surface area contributed by atoms with E-state index < -0.39 is 12.1 Å². The van der Waals surface area contributed by atoms with E-state index in [1.807, 2.05) is 6.07 Å². The number of aryl methyl sites for hydroxylation is 1. The fraction of sp³-hybridized carbons (Fsp3) is 0.333. The number of carboxylic acid groups (broad SMARTS) is 1. The molecule has 0 aliphatic carbocycles. The molecule has 0 saturated carbocycles. The van der Waals surface area contributed by atoms with Crippen LogP contribution in [0.25, 0.3) is 0 Å². The lowest BCUT2D eigenvalue weighted by Gasteiger charge is -2.10. The summed E-state index contributed by atoms with van der Waals surface area (Å²) in [5.41, 5.74) is 1.47. The minimum Gasteiger partial charge on any atom is -0.479 e. The Morgan fingerprint density at radius 3 is 2.53 bits per heavy atom. The van der Waals surface area contributed by atoms with E-state index in [0.717, 1.165) is 5.56 Å². The first-order valence-electron chi connectivity index (χ1n) is 5.10. The molecule has 0 aromatic heterocycles. The van der Waals surface area contributed by atoms with Gasteiger partial charge >= 0.3 is 5.97 Å². The van der Waals surface area contributed by atoms with Crippen LogP contribution in [0.4, 0.5) is 0 Å². The van der Waals surface area contributed by atoms with E-state index in [2.05, 4.69) is 0 Å². The second-order valence-corrected chi connectivity index (χ2v) is 3.64. The first kappa shape index (κ1) is 13.2. The van der Waals surface area contributed by atoms with Gasteiger partial charge in [-0.05, 0) is 23.1 Å². The molecule has 0 bridgehead atoms. The van der Waals surface area contributed by atoms with Crippen LogP contribution in [0.2, 0.25) is 0 Å². The summed E-state index contributed by atoms with van der Waals surface area (Å²) in [5.74, 6) is -1.34. The Morgan fingerprint density at radius 1 is 1.35 bits per heavy atom. The van der Waals surface area contributed by atoms with Gasteiger partial charge in [0.25, 0.3) is 0 Å². The lowest BCUT2D eigenvalue weighted by Crippen LogP contribution is -2.11. The number of aliphatic hydroxyl groups is 2. The Kier molecular flexibility index (Phi) is 4.64. The Labute approximate surface area is 98.6 Å². The zero-order chi connectivity index (χ0) is 12.8. The number of hydrogen-bond acceptors (Lipinski definition) is 4. The molecule has 0 radical (unpaired) electrons. The molecule has 0 amide bonds. The van der Waals surface area contributed by atoms with E-state index in [1.165, 1.54) is 12.1 Å². The second-order valence-electron chi connectivity index (χ2n) is 3.64. The number of aliphatic carboxylic acids is 1. The first-order chi connectivity index (χ1) is 8.08. The average molecular weight is 235 g/mol. The molecular formula is C12H13NO4. The molecule has 90 valence electrons. The van der Waals surface area contributed by atoms with E-state index in [4.69, 9.17) is 15.5 Å². The molecule has 1 rings (SSSR count). The predicted molar refractivity (Wildman–Crippen MR) is 58.9 cm³/mol. The van der Waals surface area contributed by atoms with Crippen LogP contribution in [0.1, 0.15) is 29.2 Å². The molecular weight excluding hydrogens is 222 g/mol. The number of aliphatic hydroxyl groups excluding tert-OH is 2. The zero-order valence-corrected chi connectivity index (χ0v) is 9.13. The summed E-state index contributed by atoms with van der Waals surface area (Å²) < 4.78 is 0. The van der Waals surface area contributed by atoms with Gasteiger partial charge in [-0.25, -0.2) is 4.79 Å². The third kappa shape index (κ3) is 3.55. The number of carboxylic acids is 1. The summed E-state index contributed by atoms with van der Waals surface area (Å²) in [5, 5.41) is 35.6. The summed E-state index contributed by atoms with van der Waals surface area (Å²) in [7, 11) is 0. The Bertz CT molecular complexity index is 450. The molecule has 0 fully saturated rings. The molecule has 0 saturated heterocycles. The van der Waals surface area contributed by atoms with Crippen molar-refractivity contribution in [3.8, 4) is 6.07 Å².